The third kappa shape index (κ3) is 8.80. The van der Waals surface area contributed by atoms with Crippen LogP contribution < -0.4 is 28.1 Å². The summed E-state index contributed by atoms with van der Waals surface area (Å²) in [6.45, 7) is 29.2. The van der Waals surface area contributed by atoms with Gasteiger partial charge in [-0.05, 0) is 0 Å². The topological polar surface area (TPSA) is 0 Å². The Bertz CT molecular complexity index is 1930. The molecular formula is C49H60Cl2Zr. The monoisotopic (exact) mass is 808 g/mol. The number of rotatable bonds is 6. The summed E-state index contributed by atoms with van der Waals surface area (Å²) in [5, 5.41) is 0. The third-order valence-corrected chi connectivity index (χ3v) is 18.8. The molecule has 52 heavy (non-hydrogen) atoms. The Labute approximate surface area is 336 Å². The van der Waals surface area contributed by atoms with Crippen molar-refractivity contribution < 1.29 is 46.1 Å². The van der Waals surface area contributed by atoms with Gasteiger partial charge in [0.1, 0.15) is 0 Å². The molecule has 0 radical (unpaired) electrons. The fourth-order valence-electron chi connectivity index (χ4n) is 8.43. The summed E-state index contributed by atoms with van der Waals surface area (Å²) in [7, 11) is 0. The molecule has 3 heteroatoms. The van der Waals surface area contributed by atoms with Gasteiger partial charge in [0, 0.05) is 0 Å². The molecule has 2 aliphatic carbocycles. The van der Waals surface area contributed by atoms with Crippen LogP contribution in [0.4, 0.5) is 0 Å². The number of hydrogen-bond donors (Lipinski definition) is 0. The van der Waals surface area contributed by atoms with Crippen LogP contribution in [0.2, 0.25) is 3.63 Å². The standard InChI is InChI=1S/C29H41.C15H14.C5H5.2ClH.Zr/c1-26(2,3)22-14-18-13-19-15-23(27(4,5)6)25(29(10,11)12)17-21(19)20(18)16-24(22)28(7,8)9;1-3-8-14(9-4-1)12-7-13-15-10-5-2-6-11-15;1-2-4-5-3-1;;;/h14,16-17H,13H2,1-12H3;1-6,8-11H,12-13H2;1-5H;2*1H;/q;;;;;+2/p-2. The molecular weight excluding hydrogens is 751 g/mol. The van der Waals surface area contributed by atoms with Gasteiger partial charge in [0.2, 0.25) is 0 Å². The van der Waals surface area contributed by atoms with Crippen LogP contribution >= 0.6 is 0 Å². The summed E-state index contributed by atoms with van der Waals surface area (Å²) in [6, 6.07) is 30.5. The molecule has 0 aromatic heterocycles. The van der Waals surface area contributed by atoms with Gasteiger partial charge in [-0.3, -0.25) is 0 Å². The molecule has 0 N–H and O–H groups in total. The van der Waals surface area contributed by atoms with Crippen LogP contribution in [0.1, 0.15) is 128 Å². The summed E-state index contributed by atoms with van der Waals surface area (Å²) >= 11 is -2.74. The van der Waals surface area contributed by atoms with E-state index in [2.05, 4.69) is 186 Å². The summed E-state index contributed by atoms with van der Waals surface area (Å²) in [5.41, 5.74) is 15.4. The number of halogens is 2. The first-order chi connectivity index (χ1) is 23.3. The zero-order chi connectivity index (χ0) is 36.2. The molecule has 6 rings (SSSR count). The van der Waals surface area contributed by atoms with E-state index in [1.165, 1.54) is 38.9 Å². The van der Waals surface area contributed by atoms with E-state index in [-0.39, 0.29) is 46.5 Å². The maximum Gasteiger partial charge on any atom is -1.00 e. The number of fused-ring (bicyclic) bond motifs is 3. The normalized spacial score (nSPS) is 13.9. The molecule has 2 aliphatic rings. The van der Waals surface area contributed by atoms with E-state index in [0.29, 0.717) is 3.63 Å². The predicted octanol–water partition coefficient (Wildman–Crippen LogP) is 6.27. The maximum atomic E-state index is 2.66. The van der Waals surface area contributed by atoms with Crippen molar-refractivity contribution in [3.63, 3.8) is 0 Å². The molecule has 4 aromatic rings. The zero-order valence-electron chi connectivity index (χ0n) is 33.8. The summed E-state index contributed by atoms with van der Waals surface area (Å²) in [5.74, 6) is 0. The van der Waals surface area contributed by atoms with Gasteiger partial charge in [0.25, 0.3) is 0 Å². The average molecular weight is 811 g/mol. The largest absolute Gasteiger partial charge is 1.00 e. The van der Waals surface area contributed by atoms with E-state index in [4.69, 9.17) is 0 Å². The van der Waals surface area contributed by atoms with Crippen LogP contribution in [0.5, 0.6) is 0 Å². The van der Waals surface area contributed by atoms with Gasteiger partial charge in [0.05, 0.1) is 0 Å². The minimum absolute atomic E-state index is 0. The molecule has 4 aromatic carbocycles. The Morgan fingerprint density at radius 2 is 1.00 bits per heavy atom. The second-order valence-corrected chi connectivity index (χ2v) is 25.7. The Hall–Kier alpha value is -2.31. The smallest absolute Gasteiger partial charge is 1.00 e. The summed E-state index contributed by atoms with van der Waals surface area (Å²) in [4.78, 5) is 0. The first-order valence-corrected chi connectivity index (χ1v) is 22.8. The fraction of sp³-hybridized carbons (Fsp3) is 0.408. The quantitative estimate of drug-likeness (QED) is 0.190. The Morgan fingerprint density at radius 3 is 1.44 bits per heavy atom. The average Bonchev–Trinajstić information content (AvgIpc) is 3.68. The molecule has 0 heterocycles. The van der Waals surface area contributed by atoms with E-state index in [9.17, 15) is 0 Å². The van der Waals surface area contributed by atoms with E-state index in [1.54, 1.807) is 23.2 Å². The number of hydrogen-bond acceptors (Lipinski definition) is 0. The van der Waals surface area contributed by atoms with Crippen LogP contribution in [0, 0.1) is 0 Å². The van der Waals surface area contributed by atoms with Crippen LogP contribution in [0.15, 0.2) is 103 Å². The van der Waals surface area contributed by atoms with Crippen LogP contribution in [0.3, 0.4) is 0 Å². The maximum absolute atomic E-state index is 2.74. The number of allylic oxidation sites excluding steroid dienone is 4. The molecule has 0 atom stereocenters. The Morgan fingerprint density at radius 1 is 0.558 bits per heavy atom. The van der Waals surface area contributed by atoms with Crippen molar-refractivity contribution in [1.29, 1.82) is 0 Å². The van der Waals surface area contributed by atoms with E-state index in [1.807, 2.05) is 0 Å². The summed E-state index contributed by atoms with van der Waals surface area (Å²) in [6.07, 6.45) is 12.9. The predicted molar refractivity (Wildman–Crippen MR) is 216 cm³/mol. The van der Waals surface area contributed by atoms with Crippen molar-refractivity contribution in [2.75, 3.05) is 0 Å². The second kappa shape index (κ2) is 15.8. The minimum atomic E-state index is -2.74. The van der Waals surface area contributed by atoms with Gasteiger partial charge >= 0.3 is 314 Å². The molecule has 0 unspecified atom stereocenters. The third-order valence-electron chi connectivity index (χ3n) is 10.8. The number of benzene rings is 4. The molecule has 0 saturated carbocycles. The molecule has 0 spiro atoms. The molecule has 0 nitrogen and oxygen atoms in total. The van der Waals surface area contributed by atoms with Crippen molar-refractivity contribution >= 4 is 6.48 Å². The van der Waals surface area contributed by atoms with Crippen LogP contribution in [-0.2, 0) is 62.2 Å². The van der Waals surface area contributed by atoms with Gasteiger partial charge in [-0.25, -0.2) is 0 Å². The minimum Gasteiger partial charge on any atom is -1.00 e. The van der Waals surface area contributed by atoms with Crippen molar-refractivity contribution in [3.8, 4) is 11.1 Å². The summed E-state index contributed by atoms with van der Waals surface area (Å²) < 4.78 is 4.09. The molecule has 0 aliphatic heterocycles. The molecule has 0 amide bonds. The first kappa shape index (κ1) is 42.4. The first-order valence-electron chi connectivity index (χ1n) is 18.9. The molecule has 0 saturated heterocycles. The van der Waals surface area contributed by atoms with E-state index >= 15 is 0 Å². The van der Waals surface area contributed by atoms with Gasteiger partial charge in [-0.15, -0.1) is 0 Å². The SMILES string of the molecule is CC(C)(C)c1cc2c(cc1C(C)(C)C)-c1cc(C(C)(C)C)c(C(C)(C)C)[c]([Zr+2](=[C](Cc3ccccc3)Cc3ccccc3)[CH]3C=CC=C3)c1C2.[Cl-].[Cl-]. The van der Waals surface area contributed by atoms with Crippen molar-refractivity contribution in [2.24, 2.45) is 0 Å². The molecule has 0 fully saturated rings. The second-order valence-electron chi connectivity index (χ2n) is 19.1. The Kier molecular flexibility index (Phi) is 12.9. The van der Waals surface area contributed by atoms with E-state index < -0.39 is 21.3 Å². The van der Waals surface area contributed by atoms with Gasteiger partial charge in [-0.1, -0.05) is 0 Å². The van der Waals surface area contributed by atoms with Gasteiger partial charge in [0.15, 0.2) is 0 Å². The van der Waals surface area contributed by atoms with Crippen LogP contribution in [-0.4, -0.2) is 3.21 Å². The molecule has 0 bridgehead atoms. The van der Waals surface area contributed by atoms with Gasteiger partial charge in [-0.2, -0.15) is 0 Å². The fourth-order valence-corrected chi connectivity index (χ4v) is 18.0. The zero-order valence-corrected chi connectivity index (χ0v) is 37.7. The van der Waals surface area contributed by atoms with Crippen molar-refractivity contribution in [1.82, 2.24) is 0 Å². The molecule has 274 valence electrons. The van der Waals surface area contributed by atoms with Crippen molar-refractivity contribution in [3.05, 3.63) is 148 Å². The Balaban J connectivity index is 0.00000302. The van der Waals surface area contributed by atoms with E-state index in [0.717, 1.165) is 19.3 Å². The van der Waals surface area contributed by atoms with Crippen LogP contribution in [0.25, 0.3) is 11.1 Å². The van der Waals surface area contributed by atoms with Gasteiger partial charge < -0.3 is 24.8 Å². The van der Waals surface area contributed by atoms with Crippen molar-refractivity contribution in [2.45, 2.75) is 128 Å².